The lowest BCUT2D eigenvalue weighted by Crippen LogP contribution is -2.40. The van der Waals surface area contributed by atoms with Crippen molar-refractivity contribution in [2.24, 2.45) is 4.99 Å². The third-order valence-corrected chi connectivity index (χ3v) is 4.70. The fourth-order valence-corrected chi connectivity index (χ4v) is 2.72. The van der Waals surface area contributed by atoms with Crippen LogP contribution in [0.15, 0.2) is 41.7 Å². The van der Waals surface area contributed by atoms with Crippen molar-refractivity contribution >= 4 is 28.6 Å². The Kier molecular flexibility index (Phi) is 5.43. The summed E-state index contributed by atoms with van der Waals surface area (Å²) in [6.45, 7) is 1.88. The SMILES string of the molecule is CC(C)(C#N)c1ccc(C=Nc2cc3cnn(CC(F)(F)C(F)(F)F)c3cn2)c(N)c1. The fraction of sp³-hybridized carbons (Fsp3) is 0.300. The minimum atomic E-state index is -5.68. The monoisotopic (exact) mass is 436 g/mol. The van der Waals surface area contributed by atoms with Crippen LogP contribution < -0.4 is 5.73 Å². The maximum atomic E-state index is 13.3. The zero-order valence-corrected chi connectivity index (χ0v) is 16.5. The van der Waals surface area contributed by atoms with Crippen molar-refractivity contribution in [3.63, 3.8) is 0 Å². The van der Waals surface area contributed by atoms with Gasteiger partial charge in [-0.15, -0.1) is 0 Å². The molecule has 2 N–H and O–H groups in total. The molecule has 0 saturated heterocycles. The number of halogens is 5. The van der Waals surface area contributed by atoms with Crippen LogP contribution >= 0.6 is 0 Å². The molecule has 3 rings (SSSR count). The maximum absolute atomic E-state index is 13.3. The zero-order valence-electron chi connectivity index (χ0n) is 16.5. The van der Waals surface area contributed by atoms with Gasteiger partial charge in [-0.1, -0.05) is 12.1 Å². The molecule has 0 amide bonds. The maximum Gasteiger partial charge on any atom is 0.455 e. The quantitative estimate of drug-likeness (QED) is 0.354. The molecule has 162 valence electrons. The number of nitrogen functional groups attached to an aromatic ring is 1. The van der Waals surface area contributed by atoms with Crippen LogP contribution in [0, 0.1) is 11.3 Å². The van der Waals surface area contributed by atoms with E-state index in [0.717, 1.165) is 18.0 Å². The van der Waals surface area contributed by atoms with Crippen molar-refractivity contribution in [3.05, 3.63) is 47.8 Å². The molecule has 3 aromatic rings. The van der Waals surface area contributed by atoms with E-state index in [9.17, 15) is 27.2 Å². The van der Waals surface area contributed by atoms with Crippen molar-refractivity contribution in [2.75, 3.05) is 5.73 Å². The average Bonchev–Trinajstić information content (AvgIpc) is 3.07. The fourth-order valence-electron chi connectivity index (χ4n) is 2.72. The molecule has 0 aliphatic rings. The van der Waals surface area contributed by atoms with Crippen molar-refractivity contribution in [3.8, 4) is 6.07 Å². The smallest absolute Gasteiger partial charge is 0.398 e. The third kappa shape index (κ3) is 4.47. The first-order valence-electron chi connectivity index (χ1n) is 8.95. The summed E-state index contributed by atoms with van der Waals surface area (Å²) in [5.41, 5.74) is 7.05. The van der Waals surface area contributed by atoms with Gasteiger partial charge in [-0.2, -0.15) is 32.3 Å². The van der Waals surface area contributed by atoms with Gasteiger partial charge in [-0.25, -0.2) is 9.98 Å². The van der Waals surface area contributed by atoms with E-state index in [1.165, 1.54) is 12.3 Å². The van der Waals surface area contributed by atoms with Gasteiger partial charge in [0.05, 0.1) is 29.4 Å². The molecule has 0 bridgehead atoms. The van der Waals surface area contributed by atoms with Crippen molar-refractivity contribution in [2.45, 2.75) is 37.9 Å². The molecule has 2 heterocycles. The number of aliphatic imine (C=N–C) groups is 1. The number of hydrogen-bond donors (Lipinski definition) is 1. The number of alkyl halides is 5. The normalized spacial score (nSPS) is 13.1. The first-order valence-corrected chi connectivity index (χ1v) is 8.95. The summed E-state index contributed by atoms with van der Waals surface area (Å²) in [6, 6.07) is 8.72. The predicted octanol–water partition coefficient (Wildman–Crippen LogP) is 4.76. The first kappa shape index (κ1) is 22.1. The molecule has 1 aromatic carbocycles. The number of pyridine rings is 1. The third-order valence-electron chi connectivity index (χ3n) is 4.70. The van der Waals surface area contributed by atoms with E-state index in [1.54, 1.807) is 32.0 Å². The number of hydrogen-bond acceptors (Lipinski definition) is 5. The second kappa shape index (κ2) is 7.61. The summed E-state index contributed by atoms with van der Waals surface area (Å²) in [5, 5.41) is 13.1. The van der Waals surface area contributed by atoms with E-state index in [1.807, 2.05) is 0 Å². The van der Waals surface area contributed by atoms with Crippen molar-refractivity contribution < 1.29 is 22.0 Å². The Labute approximate surface area is 173 Å². The lowest BCUT2D eigenvalue weighted by Gasteiger charge is -2.19. The Hall–Kier alpha value is -3.55. The second-order valence-corrected chi connectivity index (χ2v) is 7.44. The number of nitrogens with two attached hydrogens (primary N) is 1. The minimum absolute atomic E-state index is 0.0190. The standard InChI is InChI=1S/C20H17F5N6/c1-18(2,10-26)14-4-3-12(15(27)6-14)7-28-17-5-13-8-30-31(16(13)9-29-17)11-19(21,22)20(23,24)25/h3-9H,11,27H2,1-2H3. The highest BCUT2D eigenvalue weighted by Crippen LogP contribution is 2.37. The number of anilines is 1. The zero-order chi connectivity index (χ0) is 23.0. The van der Waals surface area contributed by atoms with Crippen LogP contribution in [0.4, 0.5) is 33.5 Å². The Morgan fingerprint density at radius 3 is 2.48 bits per heavy atom. The molecule has 0 atom stereocenters. The summed E-state index contributed by atoms with van der Waals surface area (Å²) in [4.78, 5) is 8.15. The first-order chi connectivity index (χ1) is 14.3. The summed E-state index contributed by atoms with van der Waals surface area (Å²) in [6.07, 6.45) is -1.95. The van der Waals surface area contributed by atoms with Gasteiger partial charge >= 0.3 is 12.1 Å². The molecule has 0 unspecified atom stereocenters. The van der Waals surface area contributed by atoms with Crippen LogP contribution in [0.25, 0.3) is 10.9 Å². The van der Waals surface area contributed by atoms with Gasteiger partial charge < -0.3 is 5.73 Å². The van der Waals surface area contributed by atoms with Gasteiger partial charge in [0.2, 0.25) is 0 Å². The molecule has 6 nitrogen and oxygen atoms in total. The lowest BCUT2D eigenvalue weighted by molar-refractivity contribution is -0.287. The van der Waals surface area contributed by atoms with Crippen LogP contribution in [0.2, 0.25) is 0 Å². The van der Waals surface area contributed by atoms with Crippen LogP contribution in [-0.2, 0) is 12.0 Å². The van der Waals surface area contributed by atoms with E-state index < -0.39 is 24.1 Å². The van der Waals surface area contributed by atoms with Crippen LogP contribution in [0.5, 0.6) is 0 Å². The highest BCUT2D eigenvalue weighted by atomic mass is 19.4. The molecule has 11 heteroatoms. The average molecular weight is 436 g/mol. The molecule has 31 heavy (non-hydrogen) atoms. The molecule has 0 saturated carbocycles. The highest BCUT2D eigenvalue weighted by Gasteiger charge is 2.57. The van der Waals surface area contributed by atoms with Gasteiger partial charge in [-0.3, -0.25) is 4.68 Å². The van der Waals surface area contributed by atoms with Gasteiger partial charge in [-0.05, 0) is 31.5 Å². The van der Waals surface area contributed by atoms with Crippen LogP contribution in [0.3, 0.4) is 0 Å². The molecular weight excluding hydrogens is 419 g/mol. The molecule has 0 aliphatic heterocycles. The number of benzene rings is 1. The van der Waals surface area contributed by atoms with E-state index >= 15 is 0 Å². The summed E-state index contributed by atoms with van der Waals surface area (Å²) < 4.78 is 64.5. The number of nitriles is 1. The topological polar surface area (TPSA) is 92.9 Å². The van der Waals surface area contributed by atoms with Gasteiger partial charge in [0, 0.05) is 22.9 Å². The summed E-state index contributed by atoms with van der Waals surface area (Å²) >= 11 is 0. The summed E-state index contributed by atoms with van der Waals surface area (Å²) in [5.74, 6) is -4.73. The van der Waals surface area contributed by atoms with E-state index in [4.69, 9.17) is 5.73 Å². The Balaban J connectivity index is 1.84. The largest absolute Gasteiger partial charge is 0.455 e. The lowest BCUT2D eigenvalue weighted by atomic mass is 9.85. The Morgan fingerprint density at radius 2 is 1.87 bits per heavy atom. The molecule has 0 fully saturated rings. The number of rotatable bonds is 5. The van der Waals surface area contributed by atoms with Gasteiger partial charge in [0.15, 0.2) is 5.82 Å². The molecular formula is C20H17F5N6. The molecule has 0 radical (unpaired) electrons. The molecule has 0 spiro atoms. The van der Waals surface area contributed by atoms with E-state index in [0.29, 0.717) is 21.3 Å². The van der Waals surface area contributed by atoms with Crippen LogP contribution in [0.1, 0.15) is 25.0 Å². The van der Waals surface area contributed by atoms with Gasteiger partial charge in [0.25, 0.3) is 0 Å². The van der Waals surface area contributed by atoms with Gasteiger partial charge in [0.1, 0.15) is 6.54 Å². The minimum Gasteiger partial charge on any atom is -0.398 e. The number of nitrogens with zero attached hydrogens (tertiary/aromatic N) is 5. The molecule has 2 aromatic heterocycles. The van der Waals surface area contributed by atoms with Crippen molar-refractivity contribution in [1.82, 2.24) is 14.8 Å². The Bertz CT molecular complexity index is 1190. The second-order valence-electron chi connectivity index (χ2n) is 7.44. The van der Waals surface area contributed by atoms with E-state index in [2.05, 4.69) is 21.1 Å². The highest BCUT2D eigenvalue weighted by molar-refractivity contribution is 5.89. The Morgan fingerprint density at radius 1 is 1.16 bits per heavy atom. The van der Waals surface area contributed by atoms with Crippen molar-refractivity contribution in [1.29, 1.82) is 5.26 Å². The van der Waals surface area contributed by atoms with E-state index in [-0.39, 0.29) is 11.3 Å². The predicted molar refractivity (Wildman–Crippen MR) is 105 cm³/mol. The summed E-state index contributed by atoms with van der Waals surface area (Å²) in [7, 11) is 0. The van der Waals surface area contributed by atoms with Crippen LogP contribution in [-0.4, -0.2) is 33.1 Å². The number of aromatic nitrogens is 3. The molecule has 0 aliphatic carbocycles. The number of fused-ring (bicyclic) bond motifs is 1.